The highest BCUT2D eigenvalue weighted by Crippen LogP contribution is 2.36. The Balaban J connectivity index is 1.64. The SMILES string of the molecule is CCCc1c(OCC/C=C\C=C\[C@H](c2c(OC(=O)OC)oc3c(c2=O)=CCC(=S)C=3)[C@H](O)c2cccc(C)c2)ccc(C(C)=O)c1O. The van der Waals surface area contributed by atoms with E-state index in [1.165, 1.54) is 13.0 Å². The van der Waals surface area contributed by atoms with Gasteiger partial charge in [-0.2, -0.15) is 0 Å². The standard InChI is InChI=1S/C37H38O9S/c1-5-11-27-30(18-17-26(23(3)38)34(27)40)44-19-9-7-6-8-14-29(33(39)24-13-10-12-22(2)20-24)32-35(41)28-16-15-25(47)21-31(28)45-36(32)46-37(42)43-4/h6-8,10,12-14,16-18,20-21,29,33,39-40H,5,9,11,15,19H2,1-4H3/b7-6-,14-8+/t29-,33-/m1/s1. The Morgan fingerprint density at radius 1 is 1.17 bits per heavy atom. The van der Waals surface area contributed by atoms with Gasteiger partial charge in [-0.15, -0.1) is 0 Å². The quantitative estimate of drug-likeness (QED) is 0.0777. The second-order valence-electron chi connectivity index (χ2n) is 11.1. The van der Waals surface area contributed by atoms with Gasteiger partial charge in [-0.3, -0.25) is 9.59 Å². The van der Waals surface area contributed by atoms with Crippen molar-refractivity contribution in [2.24, 2.45) is 0 Å². The smallest absolute Gasteiger partial charge is 0.507 e. The molecule has 9 nitrogen and oxygen atoms in total. The van der Waals surface area contributed by atoms with Crippen LogP contribution in [0.4, 0.5) is 4.79 Å². The number of phenolic OH excluding ortho intramolecular Hbond substituents is 1. The molecular weight excluding hydrogens is 620 g/mol. The van der Waals surface area contributed by atoms with Gasteiger partial charge >= 0.3 is 12.1 Å². The molecule has 246 valence electrons. The highest BCUT2D eigenvalue weighted by molar-refractivity contribution is 7.81. The number of carbonyl (C=O) groups excluding carboxylic acids is 2. The van der Waals surface area contributed by atoms with Crippen LogP contribution in [-0.2, 0) is 11.2 Å². The van der Waals surface area contributed by atoms with Gasteiger partial charge < -0.3 is 28.8 Å². The first kappa shape index (κ1) is 35.1. The van der Waals surface area contributed by atoms with E-state index in [1.807, 2.05) is 32.1 Å². The molecule has 0 bridgehead atoms. The number of allylic oxidation sites excluding steroid dienone is 2. The third kappa shape index (κ3) is 8.52. The van der Waals surface area contributed by atoms with E-state index in [-0.39, 0.29) is 33.3 Å². The van der Waals surface area contributed by atoms with Gasteiger partial charge in [0.1, 0.15) is 16.9 Å². The molecule has 0 amide bonds. The molecule has 0 fully saturated rings. The maximum absolute atomic E-state index is 13.9. The summed E-state index contributed by atoms with van der Waals surface area (Å²) in [6.07, 6.45) is 10.0. The first-order valence-corrected chi connectivity index (χ1v) is 15.7. The number of ether oxygens (including phenoxy) is 3. The second kappa shape index (κ2) is 16.2. The Morgan fingerprint density at radius 3 is 2.66 bits per heavy atom. The van der Waals surface area contributed by atoms with Crippen molar-refractivity contribution in [3.05, 3.63) is 109 Å². The summed E-state index contributed by atoms with van der Waals surface area (Å²) in [4.78, 5) is 38.5. The molecule has 1 aliphatic carbocycles. The zero-order valence-corrected chi connectivity index (χ0v) is 27.6. The van der Waals surface area contributed by atoms with Crippen LogP contribution in [0.2, 0.25) is 0 Å². The van der Waals surface area contributed by atoms with Crippen molar-refractivity contribution in [2.45, 2.75) is 58.5 Å². The Labute approximate surface area is 278 Å². The number of fused-ring (bicyclic) bond motifs is 1. The van der Waals surface area contributed by atoms with Crippen LogP contribution in [0.1, 0.15) is 77.7 Å². The van der Waals surface area contributed by atoms with Gasteiger partial charge in [-0.1, -0.05) is 85.8 Å². The Bertz CT molecular complexity index is 1900. The Kier molecular flexibility index (Phi) is 12.1. The predicted octanol–water partition coefficient (Wildman–Crippen LogP) is 5.69. The monoisotopic (exact) mass is 658 g/mol. The highest BCUT2D eigenvalue weighted by atomic mass is 32.1. The number of rotatable bonds is 13. The third-order valence-electron chi connectivity index (χ3n) is 7.60. The molecule has 0 unspecified atom stereocenters. The zero-order valence-electron chi connectivity index (χ0n) is 26.8. The number of ketones is 1. The molecule has 2 aromatic carbocycles. The van der Waals surface area contributed by atoms with Crippen molar-refractivity contribution < 1.29 is 38.4 Å². The molecule has 1 aliphatic rings. The van der Waals surface area contributed by atoms with Crippen molar-refractivity contribution in [1.82, 2.24) is 0 Å². The molecule has 0 radical (unpaired) electrons. The molecule has 0 spiro atoms. The van der Waals surface area contributed by atoms with Gasteiger partial charge in [0.25, 0.3) is 0 Å². The van der Waals surface area contributed by atoms with Crippen molar-refractivity contribution in [3.8, 4) is 17.4 Å². The van der Waals surface area contributed by atoms with Gasteiger partial charge in [0, 0.05) is 22.8 Å². The molecule has 10 heteroatoms. The van der Waals surface area contributed by atoms with E-state index in [2.05, 4.69) is 4.74 Å². The summed E-state index contributed by atoms with van der Waals surface area (Å²) in [5.74, 6) is -1.12. The maximum atomic E-state index is 13.9. The van der Waals surface area contributed by atoms with Crippen molar-refractivity contribution in [1.29, 1.82) is 0 Å². The van der Waals surface area contributed by atoms with Crippen LogP contribution in [0, 0.1) is 6.92 Å². The largest absolute Gasteiger partial charge is 0.516 e. The van der Waals surface area contributed by atoms with Crippen LogP contribution in [0.25, 0.3) is 12.2 Å². The van der Waals surface area contributed by atoms with Crippen molar-refractivity contribution in [2.75, 3.05) is 13.7 Å². The van der Waals surface area contributed by atoms with Gasteiger partial charge in [0.15, 0.2) is 11.2 Å². The van der Waals surface area contributed by atoms with Crippen LogP contribution < -0.4 is 25.5 Å². The molecule has 4 rings (SSSR count). The zero-order chi connectivity index (χ0) is 34.1. The predicted molar refractivity (Wildman–Crippen MR) is 183 cm³/mol. The van der Waals surface area contributed by atoms with Gasteiger partial charge in [0.05, 0.1) is 36.2 Å². The summed E-state index contributed by atoms with van der Waals surface area (Å²) in [6, 6.07) is 10.5. The summed E-state index contributed by atoms with van der Waals surface area (Å²) in [6.45, 7) is 5.58. The fourth-order valence-corrected chi connectivity index (χ4v) is 5.48. The third-order valence-corrected chi connectivity index (χ3v) is 7.89. The van der Waals surface area contributed by atoms with Gasteiger partial charge in [-0.05, 0) is 50.5 Å². The number of benzene rings is 2. The number of phenols is 1. The lowest BCUT2D eigenvalue weighted by molar-refractivity contribution is 0.101. The van der Waals surface area contributed by atoms with E-state index in [0.29, 0.717) is 47.6 Å². The van der Waals surface area contributed by atoms with E-state index < -0.39 is 29.6 Å². The summed E-state index contributed by atoms with van der Waals surface area (Å²) in [7, 11) is 1.13. The van der Waals surface area contributed by atoms with Gasteiger partial charge in [0.2, 0.25) is 0 Å². The highest BCUT2D eigenvalue weighted by Gasteiger charge is 2.30. The summed E-state index contributed by atoms with van der Waals surface area (Å²) < 4.78 is 21.8. The average Bonchev–Trinajstić information content (AvgIpc) is 3.04. The fraction of sp³-hybridized carbons (Fsp3) is 0.297. The van der Waals surface area contributed by atoms with Crippen LogP contribution in [0.15, 0.2) is 69.9 Å². The number of aryl methyl sites for hydroxylation is 1. The van der Waals surface area contributed by atoms with Crippen molar-refractivity contribution in [3.63, 3.8) is 0 Å². The summed E-state index contributed by atoms with van der Waals surface area (Å²) >= 11 is 5.28. The molecule has 3 aromatic rings. The lowest BCUT2D eigenvalue weighted by atomic mass is 9.88. The Hall–Kier alpha value is -4.80. The van der Waals surface area contributed by atoms with Gasteiger partial charge in [-0.25, -0.2) is 4.79 Å². The molecular formula is C37H38O9S. The molecule has 47 heavy (non-hydrogen) atoms. The minimum atomic E-state index is -1.21. The average molecular weight is 659 g/mol. The normalized spacial score (nSPS) is 13.9. The number of aromatic hydroxyl groups is 1. The Morgan fingerprint density at radius 2 is 1.96 bits per heavy atom. The van der Waals surface area contributed by atoms with Crippen LogP contribution in [-0.4, -0.2) is 40.7 Å². The number of Topliss-reactive ketones (excluding diaryl/α,β-unsaturated/α-hetero) is 1. The minimum Gasteiger partial charge on any atom is -0.507 e. The van der Waals surface area contributed by atoms with E-state index in [0.717, 1.165) is 19.1 Å². The van der Waals surface area contributed by atoms with E-state index in [4.69, 9.17) is 26.1 Å². The fourth-order valence-electron chi connectivity index (χ4n) is 5.29. The summed E-state index contributed by atoms with van der Waals surface area (Å²) in [5, 5.41) is 22.5. The number of carbonyl (C=O) groups is 2. The number of hydrogen-bond donors (Lipinski definition) is 2. The number of methoxy groups -OCH3 is 1. The lowest BCUT2D eigenvalue weighted by Gasteiger charge is -2.22. The molecule has 0 aliphatic heterocycles. The molecule has 2 atom stereocenters. The second-order valence-corrected chi connectivity index (χ2v) is 11.6. The first-order valence-electron chi connectivity index (χ1n) is 15.3. The van der Waals surface area contributed by atoms with E-state index in [9.17, 15) is 24.6 Å². The van der Waals surface area contributed by atoms with E-state index in [1.54, 1.807) is 48.6 Å². The molecule has 1 aromatic heterocycles. The molecule has 0 saturated heterocycles. The molecule has 0 saturated carbocycles. The number of hydrogen-bond acceptors (Lipinski definition) is 10. The van der Waals surface area contributed by atoms with Crippen LogP contribution in [0.3, 0.4) is 0 Å². The number of thiocarbonyl (C=S) groups is 1. The van der Waals surface area contributed by atoms with Crippen LogP contribution in [0.5, 0.6) is 17.4 Å². The number of aliphatic hydroxyl groups is 1. The summed E-state index contributed by atoms with van der Waals surface area (Å²) in [5.41, 5.74) is 1.97. The number of aliphatic hydroxyl groups excluding tert-OH is 1. The molecule has 1 heterocycles. The first-order chi connectivity index (χ1) is 22.5. The maximum Gasteiger partial charge on any atom is 0.516 e. The topological polar surface area (TPSA) is 132 Å². The van der Waals surface area contributed by atoms with E-state index >= 15 is 0 Å². The lowest BCUT2D eigenvalue weighted by Crippen LogP contribution is -2.44. The minimum absolute atomic E-state index is 0.0473. The molecule has 2 N–H and O–H groups in total. The van der Waals surface area contributed by atoms with Crippen molar-refractivity contribution >= 4 is 41.2 Å². The van der Waals surface area contributed by atoms with Crippen LogP contribution >= 0.6 is 12.2 Å².